The van der Waals surface area contributed by atoms with Crippen molar-refractivity contribution in [2.45, 2.75) is 31.5 Å². The van der Waals surface area contributed by atoms with Crippen LogP contribution in [-0.4, -0.2) is 42.4 Å². The normalized spacial score (nSPS) is 17.9. The summed E-state index contributed by atoms with van der Waals surface area (Å²) >= 11 is 0. The second-order valence-corrected chi connectivity index (χ2v) is 6.95. The first-order valence-electron chi connectivity index (χ1n) is 9.04. The predicted molar refractivity (Wildman–Crippen MR) is 95.8 cm³/mol. The van der Waals surface area contributed by atoms with E-state index in [1.54, 1.807) is 12.5 Å². The van der Waals surface area contributed by atoms with Crippen LogP contribution < -0.4 is 4.90 Å². The Kier molecular flexibility index (Phi) is 4.78. The van der Waals surface area contributed by atoms with Crippen molar-refractivity contribution >= 4 is 5.82 Å². The molecule has 4 rings (SSSR count). The Hall–Kier alpha value is -2.91. The van der Waals surface area contributed by atoms with Crippen LogP contribution in [0.3, 0.4) is 0 Å². The highest BCUT2D eigenvalue weighted by molar-refractivity contribution is 5.43. The summed E-state index contributed by atoms with van der Waals surface area (Å²) in [6.07, 6.45) is 3.88. The summed E-state index contributed by atoms with van der Waals surface area (Å²) in [5, 5.41) is 8.65. The van der Waals surface area contributed by atoms with Gasteiger partial charge in [0.05, 0.1) is 18.4 Å². The Morgan fingerprint density at radius 1 is 1.21 bits per heavy atom. The number of alkyl halides is 3. The molecule has 0 saturated carbocycles. The zero-order valence-corrected chi connectivity index (χ0v) is 15.3. The number of hydrogen-bond acceptors (Lipinski definition) is 5. The van der Waals surface area contributed by atoms with Gasteiger partial charge in [0.15, 0.2) is 5.82 Å². The highest BCUT2D eigenvalue weighted by Crippen LogP contribution is 2.33. The summed E-state index contributed by atoms with van der Waals surface area (Å²) in [5.74, 6) is 2.08. The number of piperidine rings is 1. The topological polar surface area (TPSA) is 64.7 Å². The molecule has 0 aromatic carbocycles. The summed E-state index contributed by atoms with van der Waals surface area (Å²) in [4.78, 5) is 10.1. The second-order valence-electron chi connectivity index (χ2n) is 6.95. The molecule has 1 saturated heterocycles. The molecular formula is C18H20F3N7. The third-order valence-corrected chi connectivity index (χ3v) is 5.07. The zero-order valence-electron chi connectivity index (χ0n) is 15.3. The summed E-state index contributed by atoms with van der Waals surface area (Å²) in [5.41, 5.74) is -0.680. The van der Waals surface area contributed by atoms with Gasteiger partial charge in [0.1, 0.15) is 11.6 Å². The van der Waals surface area contributed by atoms with E-state index >= 15 is 0 Å². The fourth-order valence-electron chi connectivity index (χ4n) is 3.58. The highest BCUT2D eigenvalue weighted by atomic mass is 19.4. The highest BCUT2D eigenvalue weighted by Gasteiger charge is 2.32. The van der Waals surface area contributed by atoms with Crippen LogP contribution in [0.4, 0.5) is 19.0 Å². The Morgan fingerprint density at radius 3 is 2.82 bits per heavy atom. The van der Waals surface area contributed by atoms with Crippen LogP contribution in [0.5, 0.6) is 0 Å². The van der Waals surface area contributed by atoms with Crippen LogP contribution >= 0.6 is 0 Å². The van der Waals surface area contributed by atoms with Gasteiger partial charge in [-0.3, -0.25) is 0 Å². The fraction of sp³-hybridized carbons (Fsp3) is 0.444. The van der Waals surface area contributed by atoms with E-state index in [9.17, 15) is 13.2 Å². The lowest BCUT2D eigenvalue weighted by Gasteiger charge is -2.33. The molecule has 1 aliphatic rings. The summed E-state index contributed by atoms with van der Waals surface area (Å²) in [6, 6.07) is 2.11. The van der Waals surface area contributed by atoms with Crippen LogP contribution in [0.1, 0.15) is 36.0 Å². The lowest BCUT2D eigenvalue weighted by atomic mass is 9.97. The van der Waals surface area contributed by atoms with Crippen LogP contribution in [0.2, 0.25) is 0 Å². The number of pyridine rings is 1. The Labute approximate surface area is 159 Å². The first-order valence-corrected chi connectivity index (χ1v) is 9.04. The molecule has 0 spiro atoms. The van der Waals surface area contributed by atoms with Crippen molar-refractivity contribution < 1.29 is 13.2 Å². The molecule has 3 aromatic rings. The fourth-order valence-corrected chi connectivity index (χ4v) is 3.58. The van der Waals surface area contributed by atoms with E-state index < -0.39 is 11.7 Å². The van der Waals surface area contributed by atoms with Gasteiger partial charge in [-0.15, -0.1) is 10.2 Å². The first kappa shape index (κ1) is 18.5. The minimum absolute atomic E-state index is 0.0825. The number of aromatic nitrogens is 6. The number of anilines is 1. The van der Waals surface area contributed by atoms with E-state index in [1.807, 2.05) is 27.3 Å². The number of nitrogens with zero attached hydrogens (tertiary/aromatic N) is 7. The molecule has 148 valence electrons. The third kappa shape index (κ3) is 3.71. The van der Waals surface area contributed by atoms with E-state index in [4.69, 9.17) is 0 Å². The molecule has 3 aromatic heterocycles. The van der Waals surface area contributed by atoms with Gasteiger partial charge in [-0.05, 0) is 25.0 Å². The van der Waals surface area contributed by atoms with Crippen molar-refractivity contribution in [3.8, 4) is 0 Å². The van der Waals surface area contributed by atoms with Crippen molar-refractivity contribution in [1.82, 2.24) is 29.3 Å². The average Bonchev–Trinajstić information content (AvgIpc) is 3.32. The molecule has 0 unspecified atom stereocenters. The zero-order chi connectivity index (χ0) is 19.7. The quantitative estimate of drug-likeness (QED) is 0.684. The van der Waals surface area contributed by atoms with Crippen molar-refractivity contribution in [3.63, 3.8) is 0 Å². The summed E-state index contributed by atoms with van der Waals surface area (Å²) in [6.45, 7) is 1.80. The van der Waals surface area contributed by atoms with E-state index in [1.165, 1.54) is 6.20 Å². The summed E-state index contributed by atoms with van der Waals surface area (Å²) in [7, 11) is 1.92. The minimum Gasteiger partial charge on any atom is -0.356 e. The van der Waals surface area contributed by atoms with E-state index in [2.05, 4.69) is 20.2 Å². The molecule has 7 nitrogen and oxygen atoms in total. The SMILES string of the molecule is Cn1c(Cn2ccnc2)nnc1[C@@H]1CCCN(c2cc(C(F)(F)F)ccn2)C1. The molecule has 28 heavy (non-hydrogen) atoms. The van der Waals surface area contributed by atoms with Gasteiger partial charge in [-0.1, -0.05) is 0 Å². The average molecular weight is 391 g/mol. The molecule has 0 N–H and O–H groups in total. The molecule has 0 radical (unpaired) electrons. The van der Waals surface area contributed by atoms with Crippen molar-refractivity contribution in [2.24, 2.45) is 7.05 Å². The minimum atomic E-state index is -4.38. The lowest BCUT2D eigenvalue weighted by molar-refractivity contribution is -0.137. The van der Waals surface area contributed by atoms with E-state index in [0.29, 0.717) is 25.5 Å². The van der Waals surface area contributed by atoms with Crippen LogP contribution in [0.15, 0.2) is 37.1 Å². The summed E-state index contributed by atoms with van der Waals surface area (Å²) < 4.78 is 42.9. The molecule has 0 amide bonds. The van der Waals surface area contributed by atoms with Gasteiger partial charge in [0, 0.05) is 44.6 Å². The van der Waals surface area contributed by atoms with E-state index in [0.717, 1.165) is 36.6 Å². The number of rotatable bonds is 4. The molecule has 4 heterocycles. The maximum absolute atomic E-state index is 13.0. The number of hydrogen-bond donors (Lipinski definition) is 0. The largest absolute Gasteiger partial charge is 0.416 e. The van der Waals surface area contributed by atoms with Crippen molar-refractivity contribution in [3.05, 3.63) is 54.3 Å². The van der Waals surface area contributed by atoms with Crippen molar-refractivity contribution in [2.75, 3.05) is 18.0 Å². The molecular weight excluding hydrogens is 371 g/mol. The molecule has 1 aliphatic heterocycles. The maximum atomic E-state index is 13.0. The van der Waals surface area contributed by atoms with Gasteiger partial charge < -0.3 is 14.0 Å². The molecule has 1 atom stereocenters. The Bertz CT molecular complexity index is 933. The standard InChI is InChI=1S/C18H20F3N7/c1-26-16(11-27-8-6-22-12-27)24-25-17(26)13-3-2-7-28(10-13)15-9-14(4-5-23-15)18(19,20)21/h4-6,8-9,12-13H,2-3,7,10-11H2,1H3/t13-/m1/s1. The monoisotopic (exact) mass is 391 g/mol. The number of imidazole rings is 1. The van der Waals surface area contributed by atoms with E-state index in [-0.39, 0.29) is 5.92 Å². The third-order valence-electron chi connectivity index (χ3n) is 5.07. The van der Waals surface area contributed by atoms with Gasteiger partial charge in [0.2, 0.25) is 0 Å². The lowest BCUT2D eigenvalue weighted by Crippen LogP contribution is -2.36. The molecule has 10 heteroatoms. The van der Waals surface area contributed by atoms with Crippen LogP contribution in [-0.2, 0) is 19.8 Å². The second kappa shape index (κ2) is 7.25. The van der Waals surface area contributed by atoms with Crippen LogP contribution in [0, 0.1) is 0 Å². The Balaban J connectivity index is 1.52. The molecule has 1 fully saturated rings. The predicted octanol–water partition coefficient (Wildman–Crippen LogP) is 2.86. The maximum Gasteiger partial charge on any atom is 0.416 e. The van der Waals surface area contributed by atoms with Crippen LogP contribution in [0.25, 0.3) is 0 Å². The Morgan fingerprint density at radius 2 is 2.07 bits per heavy atom. The van der Waals surface area contributed by atoms with Gasteiger partial charge in [0.25, 0.3) is 0 Å². The van der Waals surface area contributed by atoms with Crippen molar-refractivity contribution in [1.29, 1.82) is 0 Å². The molecule has 0 aliphatic carbocycles. The van der Waals surface area contributed by atoms with Gasteiger partial charge in [-0.25, -0.2) is 9.97 Å². The first-order chi connectivity index (χ1) is 13.4. The number of halogens is 3. The van der Waals surface area contributed by atoms with Gasteiger partial charge in [-0.2, -0.15) is 13.2 Å². The van der Waals surface area contributed by atoms with Gasteiger partial charge >= 0.3 is 6.18 Å². The molecule has 0 bridgehead atoms. The smallest absolute Gasteiger partial charge is 0.356 e.